The van der Waals surface area contributed by atoms with Crippen LogP contribution in [0.4, 0.5) is 13.2 Å². The van der Waals surface area contributed by atoms with Gasteiger partial charge in [0, 0.05) is 5.56 Å². The van der Waals surface area contributed by atoms with E-state index >= 15 is 0 Å². The van der Waals surface area contributed by atoms with E-state index in [4.69, 9.17) is 5.73 Å². The lowest BCUT2D eigenvalue weighted by molar-refractivity contribution is -0.137. The van der Waals surface area contributed by atoms with Crippen LogP contribution in [0.5, 0.6) is 5.75 Å². The van der Waals surface area contributed by atoms with Gasteiger partial charge in [-0.05, 0) is 25.1 Å². The Morgan fingerprint density at radius 3 is 2.28 bits per heavy atom. The Hall–Kier alpha value is -1.31. The molecule has 7 heteroatoms. The molecular formula is C11H14F3NO3. The number of rotatable bonds is 4. The quantitative estimate of drug-likeness (QED) is 0.658. The van der Waals surface area contributed by atoms with E-state index in [1.807, 2.05) is 0 Å². The van der Waals surface area contributed by atoms with Crippen molar-refractivity contribution >= 4 is 0 Å². The van der Waals surface area contributed by atoms with Gasteiger partial charge in [-0.3, -0.25) is 0 Å². The van der Waals surface area contributed by atoms with E-state index in [0.717, 1.165) is 12.1 Å². The molecule has 1 rings (SSSR count). The van der Waals surface area contributed by atoms with Gasteiger partial charge in [-0.1, -0.05) is 6.07 Å². The first kappa shape index (κ1) is 14.7. The fraction of sp³-hybridized carbons (Fsp3) is 0.455. The van der Waals surface area contributed by atoms with Gasteiger partial charge in [-0.25, -0.2) is 0 Å². The van der Waals surface area contributed by atoms with Gasteiger partial charge in [0.1, 0.15) is 11.9 Å². The van der Waals surface area contributed by atoms with Crippen LogP contribution in [0.15, 0.2) is 18.2 Å². The SMILES string of the molecule is NCCC(O)C(O)c1ccc(C(F)(F)F)cc1O. The van der Waals surface area contributed by atoms with Crippen molar-refractivity contribution in [2.24, 2.45) is 5.73 Å². The van der Waals surface area contributed by atoms with Crippen molar-refractivity contribution in [3.63, 3.8) is 0 Å². The molecule has 0 spiro atoms. The van der Waals surface area contributed by atoms with Crippen molar-refractivity contribution < 1.29 is 28.5 Å². The zero-order valence-corrected chi connectivity index (χ0v) is 9.35. The van der Waals surface area contributed by atoms with E-state index in [1.54, 1.807) is 0 Å². The summed E-state index contributed by atoms with van der Waals surface area (Å²) in [5.74, 6) is -0.714. The van der Waals surface area contributed by atoms with Crippen molar-refractivity contribution in [1.29, 1.82) is 0 Å². The number of hydrogen-bond donors (Lipinski definition) is 4. The summed E-state index contributed by atoms with van der Waals surface area (Å²) in [6.07, 6.45) is -7.22. The van der Waals surface area contributed by atoms with Crippen LogP contribution in [0.25, 0.3) is 0 Å². The number of aliphatic hydroxyl groups is 2. The summed E-state index contributed by atoms with van der Waals surface area (Å²) in [5.41, 5.74) is 4.00. The summed E-state index contributed by atoms with van der Waals surface area (Å²) in [6.45, 7) is 0.111. The molecule has 0 aliphatic heterocycles. The predicted molar refractivity (Wildman–Crippen MR) is 57.7 cm³/mol. The van der Waals surface area contributed by atoms with Crippen LogP contribution >= 0.6 is 0 Å². The van der Waals surface area contributed by atoms with Gasteiger partial charge in [-0.2, -0.15) is 13.2 Å². The molecule has 0 amide bonds. The van der Waals surface area contributed by atoms with Crippen molar-refractivity contribution in [2.45, 2.75) is 24.8 Å². The van der Waals surface area contributed by atoms with E-state index in [-0.39, 0.29) is 18.5 Å². The van der Waals surface area contributed by atoms with Crippen LogP contribution in [-0.2, 0) is 6.18 Å². The highest BCUT2D eigenvalue weighted by Crippen LogP contribution is 2.35. The fourth-order valence-electron chi connectivity index (χ4n) is 1.51. The lowest BCUT2D eigenvalue weighted by Gasteiger charge is -2.19. The van der Waals surface area contributed by atoms with Crippen LogP contribution in [0.3, 0.4) is 0 Å². The van der Waals surface area contributed by atoms with Crippen LogP contribution in [-0.4, -0.2) is 28.0 Å². The summed E-state index contributed by atoms with van der Waals surface area (Å²) >= 11 is 0. The molecule has 0 aliphatic rings. The highest BCUT2D eigenvalue weighted by atomic mass is 19.4. The van der Waals surface area contributed by atoms with Crippen molar-refractivity contribution in [3.8, 4) is 5.75 Å². The van der Waals surface area contributed by atoms with Gasteiger partial charge in [0.05, 0.1) is 11.7 Å². The first-order valence-electron chi connectivity index (χ1n) is 5.23. The highest BCUT2D eigenvalue weighted by Gasteiger charge is 2.32. The molecule has 0 saturated carbocycles. The molecular weight excluding hydrogens is 251 g/mol. The molecule has 0 radical (unpaired) electrons. The normalized spacial score (nSPS) is 15.4. The Kier molecular flexibility index (Phi) is 4.55. The van der Waals surface area contributed by atoms with Crippen LogP contribution in [0, 0.1) is 0 Å². The molecule has 0 heterocycles. The van der Waals surface area contributed by atoms with E-state index in [9.17, 15) is 28.5 Å². The maximum absolute atomic E-state index is 12.3. The Morgan fingerprint density at radius 1 is 1.22 bits per heavy atom. The molecule has 5 N–H and O–H groups in total. The maximum atomic E-state index is 12.3. The number of hydrogen-bond acceptors (Lipinski definition) is 4. The van der Waals surface area contributed by atoms with Gasteiger partial charge < -0.3 is 21.1 Å². The lowest BCUT2D eigenvalue weighted by atomic mass is 9.99. The average Bonchev–Trinajstić information content (AvgIpc) is 2.27. The first-order chi connectivity index (χ1) is 8.27. The van der Waals surface area contributed by atoms with Gasteiger partial charge in [0.25, 0.3) is 0 Å². The summed E-state index contributed by atoms with van der Waals surface area (Å²) in [6, 6.07) is 2.17. The third kappa shape index (κ3) is 3.34. The fourth-order valence-corrected chi connectivity index (χ4v) is 1.51. The Bertz CT molecular complexity index is 409. The maximum Gasteiger partial charge on any atom is 0.416 e. The van der Waals surface area contributed by atoms with Crippen molar-refractivity contribution in [2.75, 3.05) is 6.54 Å². The van der Waals surface area contributed by atoms with Gasteiger partial charge in [0.15, 0.2) is 0 Å². The molecule has 2 unspecified atom stereocenters. The molecule has 1 aromatic carbocycles. The molecule has 102 valence electrons. The summed E-state index contributed by atoms with van der Waals surface area (Å²) in [4.78, 5) is 0. The zero-order chi connectivity index (χ0) is 13.9. The average molecular weight is 265 g/mol. The topological polar surface area (TPSA) is 86.7 Å². The lowest BCUT2D eigenvalue weighted by Crippen LogP contribution is -2.22. The smallest absolute Gasteiger partial charge is 0.416 e. The molecule has 0 aromatic heterocycles. The number of aliphatic hydroxyl groups excluding tert-OH is 2. The van der Waals surface area contributed by atoms with Gasteiger partial charge in [-0.15, -0.1) is 0 Å². The Labute approximate surface area is 101 Å². The van der Waals surface area contributed by atoms with Crippen LogP contribution in [0.2, 0.25) is 0 Å². The summed E-state index contributed by atoms with van der Waals surface area (Å²) in [5, 5.41) is 28.5. The monoisotopic (exact) mass is 265 g/mol. The predicted octanol–water partition coefficient (Wildman–Crippen LogP) is 1.15. The minimum atomic E-state index is -4.57. The minimum absolute atomic E-state index is 0.0711. The third-order valence-corrected chi connectivity index (χ3v) is 2.50. The Morgan fingerprint density at radius 2 is 1.83 bits per heavy atom. The molecule has 0 bridgehead atoms. The van der Waals surface area contributed by atoms with E-state index in [2.05, 4.69) is 0 Å². The summed E-state index contributed by atoms with van der Waals surface area (Å²) in [7, 11) is 0. The van der Waals surface area contributed by atoms with E-state index in [0.29, 0.717) is 6.07 Å². The second-order valence-corrected chi connectivity index (χ2v) is 3.86. The number of benzene rings is 1. The highest BCUT2D eigenvalue weighted by molar-refractivity contribution is 5.39. The number of phenols is 1. The summed E-state index contributed by atoms with van der Waals surface area (Å²) < 4.78 is 37.0. The van der Waals surface area contributed by atoms with E-state index < -0.39 is 29.7 Å². The van der Waals surface area contributed by atoms with Gasteiger partial charge in [0.2, 0.25) is 0 Å². The minimum Gasteiger partial charge on any atom is -0.508 e. The Balaban J connectivity index is 2.99. The molecule has 0 fully saturated rings. The van der Waals surface area contributed by atoms with Gasteiger partial charge >= 0.3 is 6.18 Å². The largest absolute Gasteiger partial charge is 0.508 e. The van der Waals surface area contributed by atoms with Crippen molar-refractivity contribution in [1.82, 2.24) is 0 Å². The number of alkyl halides is 3. The molecule has 2 atom stereocenters. The van der Waals surface area contributed by atoms with Crippen LogP contribution < -0.4 is 5.73 Å². The third-order valence-electron chi connectivity index (χ3n) is 2.50. The molecule has 4 nitrogen and oxygen atoms in total. The molecule has 0 aliphatic carbocycles. The van der Waals surface area contributed by atoms with Crippen molar-refractivity contribution in [3.05, 3.63) is 29.3 Å². The van der Waals surface area contributed by atoms with Crippen LogP contribution in [0.1, 0.15) is 23.7 Å². The standard InChI is InChI=1S/C11H14F3NO3/c12-11(13,14)6-1-2-7(9(17)5-6)10(18)8(16)3-4-15/h1-2,5,8,10,16-18H,3-4,15H2. The first-order valence-corrected chi connectivity index (χ1v) is 5.23. The second-order valence-electron chi connectivity index (χ2n) is 3.86. The zero-order valence-electron chi connectivity index (χ0n) is 9.35. The number of phenolic OH excluding ortho intramolecular Hbond substituents is 1. The molecule has 0 saturated heterocycles. The van der Waals surface area contributed by atoms with E-state index in [1.165, 1.54) is 0 Å². The number of nitrogens with two attached hydrogens (primary N) is 1. The number of aromatic hydroxyl groups is 1. The molecule has 1 aromatic rings. The number of halogens is 3. The second kappa shape index (κ2) is 5.55. The molecule has 18 heavy (non-hydrogen) atoms.